The molecule has 0 spiro atoms. The summed E-state index contributed by atoms with van der Waals surface area (Å²) in [5.41, 5.74) is -1.13. The maximum absolute atomic E-state index is 12.8. The van der Waals surface area contributed by atoms with Crippen molar-refractivity contribution in [2.45, 2.75) is 12.0 Å². The van der Waals surface area contributed by atoms with Gasteiger partial charge in [-0.3, -0.25) is 0 Å². The van der Waals surface area contributed by atoms with Crippen LogP contribution in [0, 0.1) is 5.82 Å². The minimum absolute atomic E-state index is 0.0382. The molecule has 2 heterocycles. The Kier molecular flexibility index (Phi) is 3.75. The molecule has 6 nitrogen and oxygen atoms in total. The van der Waals surface area contributed by atoms with Gasteiger partial charge in [-0.1, -0.05) is 0 Å². The van der Waals surface area contributed by atoms with Crippen molar-refractivity contribution in [1.29, 1.82) is 0 Å². The Morgan fingerprint density at radius 1 is 1.58 bits per heavy atom. The van der Waals surface area contributed by atoms with E-state index in [0.717, 1.165) is 12.5 Å². The zero-order valence-corrected chi connectivity index (χ0v) is 11.3. The van der Waals surface area contributed by atoms with E-state index in [2.05, 4.69) is 9.71 Å². The van der Waals surface area contributed by atoms with Crippen LogP contribution in [0.2, 0.25) is 0 Å². The lowest BCUT2D eigenvalue weighted by Gasteiger charge is -2.23. The molecule has 2 rings (SSSR count). The van der Waals surface area contributed by atoms with Crippen LogP contribution in [0.5, 0.6) is 0 Å². The zero-order valence-electron chi connectivity index (χ0n) is 10.5. The summed E-state index contributed by atoms with van der Waals surface area (Å²) in [6.07, 6.45) is 2.58. The summed E-state index contributed by atoms with van der Waals surface area (Å²) in [7, 11) is -3.33. The monoisotopic (exact) mass is 289 g/mol. The van der Waals surface area contributed by atoms with Crippen LogP contribution < -0.4 is 9.62 Å². The van der Waals surface area contributed by atoms with Crippen molar-refractivity contribution in [2.75, 3.05) is 30.8 Å². The van der Waals surface area contributed by atoms with Gasteiger partial charge in [0, 0.05) is 19.6 Å². The van der Waals surface area contributed by atoms with Crippen molar-refractivity contribution in [2.24, 2.45) is 0 Å². The number of halogens is 1. The van der Waals surface area contributed by atoms with Crippen LogP contribution in [0.3, 0.4) is 0 Å². The highest BCUT2D eigenvalue weighted by Crippen LogP contribution is 2.25. The molecule has 1 aromatic rings. The molecule has 0 amide bonds. The number of hydrogen-bond acceptors (Lipinski definition) is 5. The van der Waals surface area contributed by atoms with Crippen molar-refractivity contribution in [3.63, 3.8) is 0 Å². The minimum Gasteiger partial charge on any atom is -0.387 e. The van der Waals surface area contributed by atoms with E-state index in [-0.39, 0.29) is 13.1 Å². The van der Waals surface area contributed by atoms with Crippen molar-refractivity contribution >= 4 is 15.8 Å². The molecule has 1 atom stereocenters. The molecule has 0 saturated carbocycles. The molecule has 0 bridgehead atoms. The first kappa shape index (κ1) is 14.2. The zero-order chi connectivity index (χ0) is 14.1. The number of hydrogen-bond donors (Lipinski definition) is 2. The van der Waals surface area contributed by atoms with E-state index in [9.17, 15) is 17.9 Å². The predicted octanol–water partition coefficient (Wildman–Crippen LogP) is -0.289. The third-order valence-electron chi connectivity index (χ3n) is 3.03. The van der Waals surface area contributed by atoms with Gasteiger partial charge < -0.3 is 10.0 Å². The third-order valence-corrected chi connectivity index (χ3v) is 3.70. The van der Waals surface area contributed by atoms with E-state index in [1.807, 2.05) is 0 Å². The van der Waals surface area contributed by atoms with Crippen molar-refractivity contribution in [3.05, 3.63) is 24.1 Å². The molecule has 1 aromatic heterocycles. The Balaban J connectivity index is 2.00. The van der Waals surface area contributed by atoms with Crippen molar-refractivity contribution in [3.8, 4) is 0 Å². The fourth-order valence-electron chi connectivity index (χ4n) is 2.02. The third kappa shape index (κ3) is 3.85. The van der Waals surface area contributed by atoms with Gasteiger partial charge in [-0.2, -0.15) is 0 Å². The molecule has 8 heteroatoms. The van der Waals surface area contributed by atoms with E-state index in [1.165, 1.54) is 12.1 Å². The normalized spacial score (nSPS) is 23.8. The first-order valence-corrected chi connectivity index (χ1v) is 7.70. The molecule has 106 valence electrons. The fraction of sp³-hybridized carbons (Fsp3) is 0.545. The summed E-state index contributed by atoms with van der Waals surface area (Å²) in [5.74, 6) is 0.147. The van der Waals surface area contributed by atoms with Crippen molar-refractivity contribution < 1.29 is 17.9 Å². The van der Waals surface area contributed by atoms with Crippen LogP contribution in [-0.2, 0) is 10.0 Å². The summed E-state index contributed by atoms with van der Waals surface area (Å²) in [4.78, 5) is 5.73. The lowest BCUT2D eigenvalue weighted by atomic mass is 10.0. The fourth-order valence-corrected chi connectivity index (χ4v) is 2.55. The number of pyridine rings is 1. The van der Waals surface area contributed by atoms with Crippen LogP contribution in [0.25, 0.3) is 0 Å². The summed E-state index contributed by atoms with van der Waals surface area (Å²) in [5, 5.41) is 10.3. The average Bonchev–Trinajstić information content (AvgIpc) is 2.71. The lowest BCUT2D eigenvalue weighted by molar-refractivity contribution is 0.0686. The van der Waals surface area contributed by atoms with Crippen LogP contribution in [-0.4, -0.2) is 50.0 Å². The van der Waals surface area contributed by atoms with E-state index >= 15 is 0 Å². The Morgan fingerprint density at radius 3 is 2.89 bits per heavy atom. The van der Waals surface area contributed by atoms with Crippen molar-refractivity contribution in [1.82, 2.24) is 9.71 Å². The largest absolute Gasteiger partial charge is 0.387 e. The Bertz CT molecular complexity index is 549. The van der Waals surface area contributed by atoms with Gasteiger partial charge in [-0.25, -0.2) is 22.5 Å². The summed E-state index contributed by atoms with van der Waals surface area (Å²) < 4.78 is 37.1. The molecule has 0 aliphatic carbocycles. The van der Waals surface area contributed by atoms with Gasteiger partial charge in [0.25, 0.3) is 0 Å². The number of β-amino-alcohol motifs (C(OH)–C–C–N with tert-alkyl or cyclic N) is 1. The Labute approximate surface area is 111 Å². The standard InChI is InChI=1S/C11H16FN3O3S/c1-19(17,18)14-7-11(16)4-5-15(8-11)10-3-2-9(12)6-13-10/h2-3,6,14,16H,4-5,7-8H2,1H3/t11-/m1/s1. The molecule has 0 aromatic carbocycles. The van der Waals surface area contributed by atoms with Gasteiger partial charge in [0.1, 0.15) is 11.6 Å². The van der Waals surface area contributed by atoms with Gasteiger partial charge in [0.05, 0.1) is 18.1 Å². The average molecular weight is 289 g/mol. The second-order valence-electron chi connectivity index (χ2n) is 4.82. The summed E-state index contributed by atoms with van der Waals surface area (Å²) in [6, 6.07) is 2.83. The second-order valence-corrected chi connectivity index (χ2v) is 6.66. The first-order valence-electron chi connectivity index (χ1n) is 5.81. The molecule has 1 aliphatic rings. The second kappa shape index (κ2) is 5.03. The number of anilines is 1. The number of aromatic nitrogens is 1. The SMILES string of the molecule is CS(=O)(=O)NC[C@]1(O)CCN(c2ccc(F)cn2)C1. The van der Waals surface area contributed by atoms with Crippen LogP contribution >= 0.6 is 0 Å². The molecule has 1 aliphatic heterocycles. The van der Waals surface area contributed by atoms with E-state index in [0.29, 0.717) is 18.8 Å². The van der Waals surface area contributed by atoms with Gasteiger partial charge in [0.15, 0.2) is 0 Å². The van der Waals surface area contributed by atoms with Crippen LogP contribution in [0.1, 0.15) is 6.42 Å². The van der Waals surface area contributed by atoms with E-state index in [1.54, 1.807) is 4.90 Å². The minimum atomic E-state index is -3.33. The van der Waals surface area contributed by atoms with E-state index in [4.69, 9.17) is 0 Å². The number of aliphatic hydroxyl groups is 1. The topological polar surface area (TPSA) is 82.5 Å². The Hall–Kier alpha value is -1.25. The highest BCUT2D eigenvalue weighted by atomic mass is 32.2. The molecule has 2 N–H and O–H groups in total. The van der Waals surface area contributed by atoms with Gasteiger partial charge in [0.2, 0.25) is 10.0 Å². The molecule has 0 unspecified atom stereocenters. The number of rotatable bonds is 4. The van der Waals surface area contributed by atoms with Gasteiger partial charge >= 0.3 is 0 Å². The smallest absolute Gasteiger partial charge is 0.208 e. The maximum Gasteiger partial charge on any atom is 0.208 e. The molecule has 0 radical (unpaired) electrons. The quantitative estimate of drug-likeness (QED) is 0.796. The number of nitrogens with zero attached hydrogens (tertiary/aromatic N) is 2. The lowest BCUT2D eigenvalue weighted by Crippen LogP contribution is -2.44. The molecule has 1 saturated heterocycles. The van der Waals surface area contributed by atoms with Gasteiger partial charge in [-0.15, -0.1) is 0 Å². The van der Waals surface area contributed by atoms with Crippen LogP contribution in [0.4, 0.5) is 10.2 Å². The molecular weight excluding hydrogens is 273 g/mol. The van der Waals surface area contributed by atoms with Gasteiger partial charge in [-0.05, 0) is 18.6 Å². The highest BCUT2D eigenvalue weighted by molar-refractivity contribution is 7.88. The maximum atomic E-state index is 12.8. The highest BCUT2D eigenvalue weighted by Gasteiger charge is 2.37. The number of sulfonamides is 1. The first-order chi connectivity index (χ1) is 8.77. The van der Waals surface area contributed by atoms with E-state index < -0.39 is 21.4 Å². The molecule has 1 fully saturated rings. The molecular formula is C11H16FN3O3S. The van der Waals surface area contributed by atoms with Crippen LogP contribution in [0.15, 0.2) is 18.3 Å². The summed E-state index contributed by atoms with van der Waals surface area (Å²) >= 11 is 0. The number of nitrogens with one attached hydrogen (secondary N) is 1. The summed E-state index contributed by atoms with van der Waals surface area (Å²) in [6.45, 7) is 0.762. The molecule has 19 heavy (non-hydrogen) atoms. The Morgan fingerprint density at radius 2 is 2.32 bits per heavy atom. The predicted molar refractivity (Wildman–Crippen MR) is 68.8 cm³/mol.